The third-order valence-electron chi connectivity index (χ3n) is 7.50. The summed E-state index contributed by atoms with van der Waals surface area (Å²) in [4.78, 5) is 55.8. The van der Waals surface area contributed by atoms with Gasteiger partial charge in [0, 0.05) is 34.4 Å². The quantitative estimate of drug-likeness (QED) is 0.102. The fourth-order valence-corrected chi connectivity index (χ4v) is 5.81. The van der Waals surface area contributed by atoms with Crippen LogP contribution in [-0.2, 0) is 28.7 Å². The van der Waals surface area contributed by atoms with Crippen LogP contribution in [0.1, 0.15) is 43.1 Å². The fourth-order valence-electron chi connectivity index (χ4n) is 5.00. The van der Waals surface area contributed by atoms with Crippen molar-refractivity contribution >= 4 is 40.8 Å². The van der Waals surface area contributed by atoms with Gasteiger partial charge in [0.1, 0.15) is 23.1 Å². The highest BCUT2D eigenvalue weighted by molar-refractivity contribution is 7.13. The topological polar surface area (TPSA) is 135 Å². The van der Waals surface area contributed by atoms with Crippen LogP contribution < -0.4 is 14.8 Å². The minimum absolute atomic E-state index is 0.00214. The standard InChI is InChI=1S/C37H30F3N3O7S/c1-22-21-51-34(41-22)24-5-7-26(8-6-24)36(48)50-29-14-3-23(4-15-29)19-43(20-33(45)46)35(47)25-9-12-28(13-10-25)42-32(44)17-27-11-16-30(49-2)18-31(27)37(38,39)40/h3-16,18,21H,17,19-20H2,1-2H3,(H,42,44)(H,45,46). The number of carboxylic acid groups (broad SMARTS) is 1. The molecule has 4 aromatic carbocycles. The molecule has 5 rings (SSSR count). The number of ether oxygens (including phenoxy) is 2. The molecule has 0 radical (unpaired) electrons. The smallest absolute Gasteiger partial charge is 0.416 e. The first-order chi connectivity index (χ1) is 24.3. The molecule has 2 amide bonds. The lowest BCUT2D eigenvalue weighted by Crippen LogP contribution is -2.35. The number of esters is 1. The van der Waals surface area contributed by atoms with Crippen molar-refractivity contribution in [2.75, 3.05) is 19.0 Å². The highest BCUT2D eigenvalue weighted by Gasteiger charge is 2.34. The van der Waals surface area contributed by atoms with Crippen LogP contribution in [0.2, 0.25) is 0 Å². The maximum Gasteiger partial charge on any atom is 0.416 e. The number of hydrogen-bond donors (Lipinski definition) is 2. The number of amides is 2. The number of nitrogens with one attached hydrogen (secondary N) is 1. The number of methoxy groups -OCH3 is 1. The van der Waals surface area contributed by atoms with E-state index in [1.54, 1.807) is 36.4 Å². The fraction of sp³-hybridized carbons (Fsp3) is 0.162. The van der Waals surface area contributed by atoms with Gasteiger partial charge in [-0.2, -0.15) is 13.2 Å². The molecule has 10 nitrogen and oxygen atoms in total. The SMILES string of the molecule is COc1ccc(CC(=O)Nc2ccc(C(=O)N(CC(=O)O)Cc3ccc(OC(=O)c4ccc(-c5nc(C)cs5)cc4)cc3)cc2)c(C(F)(F)F)c1. The average Bonchev–Trinajstić information content (AvgIpc) is 3.54. The molecule has 2 N–H and O–H groups in total. The van der Waals surface area contributed by atoms with Gasteiger partial charge in [-0.25, -0.2) is 9.78 Å². The maximum absolute atomic E-state index is 13.5. The Morgan fingerprint density at radius 3 is 2.12 bits per heavy atom. The van der Waals surface area contributed by atoms with E-state index >= 15 is 0 Å². The second-order valence-corrected chi connectivity index (χ2v) is 12.1. The second-order valence-electron chi connectivity index (χ2n) is 11.3. The zero-order chi connectivity index (χ0) is 36.7. The van der Waals surface area contributed by atoms with Gasteiger partial charge in [0.05, 0.1) is 24.7 Å². The summed E-state index contributed by atoms with van der Waals surface area (Å²) in [5.74, 6) is -2.90. The molecule has 1 heterocycles. The first-order valence-electron chi connectivity index (χ1n) is 15.3. The number of aryl methyl sites for hydroxylation is 1. The van der Waals surface area contributed by atoms with Gasteiger partial charge in [-0.15, -0.1) is 11.3 Å². The molecular weight excluding hydrogens is 687 g/mol. The Morgan fingerprint density at radius 1 is 0.882 bits per heavy atom. The largest absolute Gasteiger partial charge is 0.497 e. The van der Waals surface area contributed by atoms with Gasteiger partial charge in [-0.3, -0.25) is 14.4 Å². The van der Waals surface area contributed by atoms with E-state index in [4.69, 9.17) is 9.47 Å². The Balaban J connectivity index is 1.19. The lowest BCUT2D eigenvalue weighted by molar-refractivity contribution is -0.139. The van der Waals surface area contributed by atoms with Crippen molar-refractivity contribution in [2.45, 2.75) is 26.1 Å². The molecule has 5 aromatic rings. The second kappa shape index (κ2) is 15.7. The number of thiazole rings is 1. The minimum atomic E-state index is -4.70. The van der Waals surface area contributed by atoms with E-state index < -0.39 is 48.5 Å². The Bertz CT molecular complexity index is 2050. The van der Waals surface area contributed by atoms with E-state index in [1.165, 1.54) is 67.0 Å². The molecule has 0 fully saturated rings. The summed E-state index contributed by atoms with van der Waals surface area (Å²) in [7, 11) is 1.24. The van der Waals surface area contributed by atoms with Crippen LogP contribution >= 0.6 is 11.3 Å². The molecule has 0 aliphatic heterocycles. The molecule has 0 saturated carbocycles. The van der Waals surface area contributed by atoms with Crippen molar-refractivity contribution in [3.05, 3.63) is 130 Å². The van der Waals surface area contributed by atoms with Crippen molar-refractivity contribution < 1.29 is 46.9 Å². The van der Waals surface area contributed by atoms with E-state index in [0.29, 0.717) is 11.1 Å². The molecule has 0 unspecified atom stereocenters. The number of aliphatic carboxylic acids is 1. The summed E-state index contributed by atoms with van der Waals surface area (Å²) in [5, 5.41) is 14.8. The molecule has 1 aromatic heterocycles. The van der Waals surface area contributed by atoms with E-state index in [1.807, 2.05) is 12.3 Å². The number of carbonyl (C=O) groups is 4. The lowest BCUT2D eigenvalue weighted by Gasteiger charge is -2.21. The predicted molar refractivity (Wildman–Crippen MR) is 183 cm³/mol. The molecule has 14 heteroatoms. The molecular formula is C37H30F3N3O7S. The van der Waals surface area contributed by atoms with Crippen molar-refractivity contribution in [1.29, 1.82) is 0 Å². The summed E-state index contributed by atoms with van der Waals surface area (Å²) in [5.41, 5.74) is 1.80. The van der Waals surface area contributed by atoms with Gasteiger partial charge in [0.25, 0.3) is 5.91 Å². The highest BCUT2D eigenvalue weighted by Crippen LogP contribution is 2.35. The van der Waals surface area contributed by atoms with Crippen molar-refractivity contribution in [1.82, 2.24) is 9.88 Å². The third kappa shape index (κ3) is 9.57. The maximum atomic E-state index is 13.5. The summed E-state index contributed by atoms with van der Waals surface area (Å²) in [6, 6.07) is 22.0. The number of halogens is 3. The lowest BCUT2D eigenvalue weighted by atomic mass is 10.0. The summed E-state index contributed by atoms with van der Waals surface area (Å²) < 4.78 is 51.0. The Labute approximate surface area is 294 Å². The van der Waals surface area contributed by atoms with Crippen LogP contribution in [0.15, 0.2) is 96.4 Å². The first kappa shape index (κ1) is 36.3. The van der Waals surface area contributed by atoms with Crippen molar-refractivity contribution in [3.8, 4) is 22.1 Å². The van der Waals surface area contributed by atoms with Gasteiger partial charge in [0.2, 0.25) is 5.91 Å². The van der Waals surface area contributed by atoms with E-state index in [9.17, 15) is 37.5 Å². The van der Waals surface area contributed by atoms with Gasteiger partial charge in [0.15, 0.2) is 0 Å². The normalized spacial score (nSPS) is 11.1. The van der Waals surface area contributed by atoms with E-state index in [-0.39, 0.29) is 34.9 Å². The van der Waals surface area contributed by atoms with Crippen LogP contribution in [-0.4, -0.2) is 52.4 Å². The zero-order valence-electron chi connectivity index (χ0n) is 27.2. The number of hydrogen-bond acceptors (Lipinski definition) is 8. The van der Waals surface area contributed by atoms with Crippen LogP contribution in [0.5, 0.6) is 11.5 Å². The number of carboxylic acids is 1. The van der Waals surface area contributed by atoms with Gasteiger partial charge < -0.3 is 24.8 Å². The van der Waals surface area contributed by atoms with Gasteiger partial charge in [-0.1, -0.05) is 30.3 Å². The molecule has 0 bridgehead atoms. The highest BCUT2D eigenvalue weighted by atomic mass is 32.1. The van der Waals surface area contributed by atoms with Crippen LogP contribution in [0, 0.1) is 6.92 Å². The number of carbonyl (C=O) groups excluding carboxylic acids is 3. The average molecular weight is 718 g/mol. The van der Waals surface area contributed by atoms with Crippen LogP contribution in [0.3, 0.4) is 0 Å². The van der Waals surface area contributed by atoms with Crippen LogP contribution in [0.4, 0.5) is 18.9 Å². The third-order valence-corrected chi connectivity index (χ3v) is 8.51. The number of alkyl halides is 3. The molecule has 51 heavy (non-hydrogen) atoms. The first-order valence-corrected chi connectivity index (χ1v) is 16.2. The summed E-state index contributed by atoms with van der Waals surface area (Å²) in [6.45, 7) is 1.20. The number of benzene rings is 4. The Kier molecular flexibility index (Phi) is 11.2. The molecule has 0 saturated heterocycles. The zero-order valence-corrected chi connectivity index (χ0v) is 28.0. The number of rotatable bonds is 12. The molecule has 0 aliphatic rings. The predicted octanol–water partition coefficient (Wildman–Crippen LogP) is 7.27. The molecule has 0 spiro atoms. The minimum Gasteiger partial charge on any atom is -0.497 e. The Hall–Kier alpha value is -6.02. The van der Waals surface area contributed by atoms with E-state index in [0.717, 1.165) is 27.2 Å². The van der Waals surface area contributed by atoms with Crippen molar-refractivity contribution in [3.63, 3.8) is 0 Å². The number of aromatic nitrogens is 1. The van der Waals surface area contributed by atoms with E-state index in [2.05, 4.69) is 10.3 Å². The van der Waals surface area contributed by atoms with Gasteiger partial charge in [-0.05, 0) is 78.7 Å². The van der Waals surface area contributed by atoms with Gasteiger partial charge >= 0.3 is 18.1 Å². The Morgan fingerprint density at radius 2 is 1.53 bits per heavy atom. The monoisotopic (exact) mass is 717 g/mol. The molecule has 262 valence electrons. The number of anilines is 1. The van der Waals surface area contributed by atoms with Crippen molar-refractivity contribution in [2.24, 2.45) is 0 Å². The number of nitrogens with zero attached hydrogens (tertiary/aromatic N) is 2. The summed E-state index contributed by atoms with van der Waals surface area (Å²) in [6.07, 6.45) is -5.26. The summed E-state index contributed by atoms with van der Waals surface area (Å²) >= 11 is 1.50. The molecule has 0 aliphatic carbocycles. The van der Waals surface area contributed by atoms with Crippen LogP contribution in [0.25, 0.3) is 10.6 Å². The molecule has 0 atom stereocenters.